The fraction of sp³-hybridized carbons (Fsp3) is 0.333. The smallest absolute Gasteiger partial charge is 0.112 e. The minimum absolute atomic E-state index is 0.186. The molecule has 2 atom stereocenters. The van der Waals surface area contributed by atoms with Crippen LogP contribution in [0.2, 0.25) is 0 Å². The van der Waals surface area contributed by atoms with E-state index in [9.17, 15) is 0 Å². The van der Waals surface area contributed by atoms with E-state index >= 15 is 0 Å². The summed E-state index contributed by atoms with van der Waals surface area (Å²) in [5.41, 5.74) is 1.21. The van der Waals surface area contributed by atoms with Crippen molar-refractivity contribution in [2.75, 3.05) is 13.2 Å². The Morgan fingerprint density at radius 2 is 2.14 bits per heavy atom. The second-order valence-electron chi connectivity index (χ2n) is 3.23. The molecule has 2 nitrogen and oxygen atoms in total. The molecule has 1 heterocycles. The molecule has 0 amide bonds. The van der Waals surface area contributed by atoms with Gasteiger partial charge in [-0.15, -0.1) is 6.42 Å². The molecule has 0 aliphatic carbocycles. The van der Waals surface area contributed by atoms with Crippen molar-refractivity contribution in [1.29, 1.82) is 0 Å². The zero-order valence-electron chi connectivity index (χ0n) is 7.85. The maximum Gasteiger partial charge on any atom is 0.112 e. The van der Waals surface area contributed by atoms with E-state index in [0.717, 1.165) is 0 Å². The van der Waals surface area contributed by atoms with Crippen molar-refractivity contribution in [1.82, 2.24) is 0 Å². The van der Waals surface area contributed by atoms with Crippen LogP contribution in [0, 0.1) is 12.3 Å². The molecule has 1 aromatic carbocycles. The summed E-state index contributed by atoms with van der Waals surface area (Å²) in [6, 6.07) is 10.1. The Morgan fingerprint density at radius 3 is 2.86 bits per heavy atom. The largest absolute Gasteiger partial charge is 0.366 e. The average molecular weight is 188 g/mol. The highest BCUT2D eigenvalue weighted by molar-refractivity contribution is 5.22. The third-order valence-electron chi connectivity index (χ3n) is 2.18. The molecule has 0 bridgehead atoms. The SMILES string of the molecule is C#CCOCC1OC1c1ccccc1. The van der Waals surface area contributed by atoms with Crippen LogP contribution in [0.1, 0.15) is 11.7 Å². The summed E-state index contributed by atoms with van der Waals surface area (Å²) >= 11 is 0. The van der Waals surface area contributed by atoms with Crippen LogP contribution >= 0.6 is 0 Å². The van der Waals surface area contributed by atoms with Crippen molar-refractivity contribution >= 4 is 0 Å². The van der Waals surface area contributed by atoms with Crippen molar-refractivity contribution in [2.24, 2.45) is 0 Å². The van der Waals surface area contributed by atoms with Gasteiger partial charge in [0.25, 0.3) is 0 Å². The van der Waals surface area contributed by atoms with Crippen LogP contribution in [0.25, 0.3) is 0 Å². The summed E-state index contributed by atoms with van der Waals surface area (Å²) in [4.78, 5) is 0. The average Bonchev–Trinajstić information content (AvgIpc) is 2.99. The van der Waals surface area contributed by atoms with Gasteiger partial charge in [0.05, 0.1) is 6.61 Å². The first-order valence-electron chi connectivity index (χ1n) is 4.63. The van der Waals surface area contributed by atoms with Gasteiger partial charge in [0.15, 0.2) is 0 Å². The lowest BCUT2D eigenvalue weighted by molar-refractivity contribution is 0.145. The Labute approximate surface area is 83.8 Å². The summed E-state index contributed by atoms with van der Waals surface area (Å²) in [6.45, 7) is 0.950. The summed E-state index contributed by atoms with van der Waals surface area (Å²) in [5.74, 6) is 2.43. The first-order valence-corrected chi connectivity index (χ1v) is 4.63. The van der Waals surface area contributed by atoms with Crippen molar-refractivity contribution in [3.63, 3.8) is 0 Å². The van der Waals surface area contributed by atoms with Gasteiger partial charge in [0, 0.05) is 0 Å². The van der Waals surface area contributed by atoms with Crippen LogP contribution in [0.15, 0.2) is 30.3 Å². The lowest BCUT2D eigenvalue weighted by Crippen LogP contribution is -2.02. The number of terminal acetylenes is 1. The highest BCUT2D eigenvalue weighted by Crippen LogP contribution is 2.38. The van der Waals surface area contributed by atoms with Crippen molar-refractivity contribution < 1.29 is 9.47 Å². The molecule has 2 rings (SSSR count). The number of hydrogen-bond acceptors (Lipinski definition) is 2. The van der Waals surface area contributed by atoms with Crippen molar-refractivity contribution in [2.45, 2.75) is 12.2 Å². The third kappa shape index (κ3) is 2.14. The highest BCUT2D eigenvalue weighted by atomic mass is 16.6. The van der Waals surface area contributed by atoms with E-state index in [0.29, 0.717) is 13.2 Å². The second kappa shape index (κ2) is 4.28. The highest BCUT2D eigenvalue weighted by Gasteiger charge is 2.39. The maximum absolute atomic E-state index is 5.46. The fourth-order valence-electron chi connectivity index (χ4n) is 1.44. The van der Waals surface area contributed by atoms with Crippen LogP contribution in [0.3, 0.4) is 0 Å². The van der Waals surface area contributed by atoms with Gasteiger partial charge < -0.3 is 9.47 Å². The molecule has 0 spiro atoms. The molecule has 1 aliphatic heterocycles. The van der Waals surface area contributed by atoms with Gasteiger partial charge in [-0.05, 0) is 5.56 Å². The Balaban J connectivity index is 1.80. The lowest BCUT2D eigenvalue weighted by Gasteiger charge is -1.95. The van der Waals surface area contributed by atoms with Crippen molar-refractivity contribution in [3.05, 3.63) is 35.9 Å². The van der Waals surface area contributed by atoms with Crippen LogP contribution in [0.4, 0.5) is 0 Å². The first kappa shape index (κ1) is 9.26. The third-order valence-corrected chi connectivity index (χ3v) is 2.18. The van der Waals surface area contributed by atoms with E-state index < -0.39 is 0 Å². The van der Waals surface area contributed by atoms with Gasteiger partial charge >= 0.3 is 0 Å². The van der Waals surface area contributed by atoms with Gasteiger partial charge in [-0.3, -0.25) is 0 Å². The summed E-state index contributed by atoms with van der Waals surface area (Å²) in [7, 11) is 0. The quantitative estimate of drug-likeness (QED) is 0.408. The molecule has 1 aliphatic rings. The van der Waals surface area contributed by atoms with E-state index in [-0.39, 0.29) is 12.2 Å². The predicted molar refractivity (Wildman–Crippen MR) is 53.7 cm³/mol. The molecule has 1 saturated heterocycles. The van der Waals surface area contributed by atoms with Crippen molar-refractivity contribution in [3.8, 4) is 12.3 Å². The first-order chi connectivity index (χ1) is 6.92. The molecule has 1 fully saturated rings. The van der Waals surface area contributed by atoms with E-state index in [1.165, 1.54) is 5.56 Å². The Morgan fingerprint density at radius 1 is 1.36 bits per heavy atom. The molecule has 14 heavy (non-hydrogen) atoms. The van der Waals surface area contributed by atoms with E-state index in [2.05, 4.69) is 18.1 Å². The summed E-state index contributed by atoms with van der Waals surface area (Å²) in [5, 5.41) is 0. The standard InChI is InChI=1S/C12H12O2/c1-2-8-13-9-11-12(14-11)10-6-4-3-5-7-10/h1,3-7,11-12H,8-9H2. The molecule has 72 valence electrons. The topological polar surface area (TPSA) is 21.8 Å². The molecular weight excluding hydrogens is 176 g/mol. The second-order valence-corrected chi connectivity index (χ2v) is 3.23. The van der Waals surface area contributed by atoms with Gasteiger partial charge in [0.1, 0.15) is 18.8 Å². The molecule has 0 aromatic heterocycles. The number of epoxide rings is 1. The van der Waals surface area contributed by atoms with Gasteiger partial charge in [-0.1, -0.05) is 36.3 Å². The van der Waals surface area contributed by atoms with Gasteiger partial charge in [0.2, 0.25) is 0 Å². The normalized spacial score (nSPS) is 24.2. The van der Waals surface area contributed by atoms with Crippen LogP contribution < -0.4 is 0 Å². The number of hydrogen-bond donors (Lipinski definition) is 0. The van der Waals surface area contributed by atoms with Crippen LogP contribution in [0.5, 0.6) is 0 Å². The minimum Gasteiger partial charge on any atom is -0.366 e. The van der Waals surface area contributed by atoms with E-state index in [4.69, 9.17) is 15.9 Å². The lowest BCUT2D eigenvalue weighted by atomic mass is 10.1. The van der Waals surface area contributed by atoms with Crippen LogP contribution in [-0.4, -0.2) is 19.3 Å². The van der Waals surface area contributed by atoms with Crippen LogP contribution in [-0.2, 0) is 9.47 Å². The zero-order chi connectivity index (χ0) is 9.80. The predicted octanol–water partition coefficient (Wildman–Crippen LogP) is 1.78. The Kier molecular flexibility index (Phi) is 2.83. The number of ether oxygens (including phenoxy) is 2. The monoisotopic (exact) mass is 188 g/mol. The van der Waals surface area contributed by atoms with E-state index in [1.54, 1.807) is 0 Å². The number of rotatable bonds is 4. The van der Waals surface area contributed by atoms with E-state index in [1.807, 2.05) is 18.2 Å². The minimum atomic E-state index is 0.186. The molecule has 0 radical (unpaired) electrons. The fourth-order valence-corrected chi connectivity index (χ4v) is 1.44. The molecular formula is C12H12O2. The summed E-state index contributed by atoms with van der Waals surface area (Å²) in [6.07, 6.45) is 5.45. The molecule has 2 unspecified atom stereocenters. The molecule has 2 heteroatoms. The molecule has 0 N–H and O–H groups in total. The molecule has 0 saturated carbocycles. The number of benzene rings is 1. The maximum atomic E-state index is 5.46. The van der Waals surface area contributed by atoms with Gasteiger partial charge in [-0.25, -0.2) is 0 Å². The zero-order valence-corrected chi connectivity index (χ0v) is 7.85. The Hall–Kier alpha value is -1.30. The molecule has 1 aromatic rings. The summed E-state index contributed by atoms with van der Waals surface area (Å²) < 4.78 is 10.7. The Bertz CT molecular complexity index is 326. The van der Waals surface area contributed by atoms with Gasteiger partial charge in [-0.2, -0.15) is 0 Å².